The van der Waals surface area contributed by atoms with Gasteiger partial charge < -0.3 is 26.0 Å². The first-order chi connectivity index (χ1) is 20.3. The highest BCUT2D eigenvalue weighted by Gasteiger charge is 2.35. The van der Waals surface area contributed by atoms with Crippen molar-refractivity contribution in [3.05, 3.63) is 35.0 Å². The van der Waals surface area contributed by atoms with Crippen LogP contribution >= 0.6 is 11.6 Å². The molecule has 0 radical (unpaired) electrons. The van der Waals surface area contributed by atoms with Crippen molar-refractivity contribution in [3.63, 3.8) is 0 Å². The predicted molar refractivity (Wildman–Crippen MR) is 155 cm³/mol. The van der Waals surface area contributed by atoms with Crippen molar-refractivity contribution in [1.82, 2.24) is 24.4 Å². The van der Waals surface area contributed by atoms with Gasteiger partial charge in [0.2, 0.25) is 17.8 Å². The number of likely N-dealkylation sites (tertiary alicyclic amines) is 1. The molecular formula is C28H34ClF3N8O3. The third-order valence-corrected chi connectivity index (χ3v) is 7.87. The van der Waals surface area contributed by atoms with Gasteiger partial charge in [0.25, 0.3) is 0 Å². The molecule has 2 aliphatic rings. The Morgan fingerprint density at radius 2 is 1.77 bits per heavy atom. The van der Waals surface area contributed by atoms with Crippen LogP contribution in [0.3, 0.4) is 0 Å². The van der Waals surface area contributed by atoms with E-state index in [0.717, 1.165) is 12.1 Å². The van der Waals surface area contributed by atoms with Crippen LogP contribution in [-0.4, -0.2) is 67.3 Å². The van der Waals surface area contributed by atoms with Crippen molar-refractivity contribution < 1.29 is 27.5 Å². The Labute approximate surface area is 251 Å². The highest BCUT2D eigenvalue weighted by molar-refractivity contribution is 6.30. The summed E-state index contributed by atoms with van der Waals surface area (Å²) in [6, 6.07) is 1.08. The summed E-state index contributed by atoms with van der Waals surface area (Å²) in [6.45, 7) is 5.37. The van der Waals surface area contributed by atoms with Crippen LogP contribution in [0.2, 0.25) is 5.02 Å². The Kier molecular flexibility index (Phi) is 8.59. The summed E-state index contributed by atoms with van der Waals surface area (Å²) in [5.41, 5.74) is 5.10. The third kappa shape index (κ3) is 6.89. The second-order valence-electron chi connectivity index (χ2n) is 12.0. The highest BCUT2D eigenvalue weighted by atomic mass is 35.5. The number of imidazole rings is 1. The maximum atomic E-state index is 15.2. The number of nitrogens with zero attached hydrogens (tertiary/aromatic N) is 5. The molecule has 11 nitrogen and oxygen atoms in total. The lowest BCUT2D eigenvalue weighted by Crippen LogP contribution is -2.51. The molecule has 4 N–H and O–H groups in total. The summed E-state index contributed by atoms with van der Waals surface area (Å²) in [4.78, 5) is 38.9. The molecule has 2 aromatic heterocycles. The number of aromatic nitrogens is 4. The van der Waals surface area contributed by atoms with Gasteiger partial charge in [0.05, 0.1) is 18.8 Å². The van der Waals surface area contributed by atoms with Crippen LogP contribution in [0.25, 0.3) is 11.2 Å². The van der Waals surface area contributed by atoms with E-state index in [2.05, 4.69) is 25.6 Å². The van der Waals surface area contributed by atoms with E-state index >= 15 is 4.39 Å². The number of carbonyl (C=O) groups excluding carboxylic acids is 2. The molecule has 2 atom stereocenters. The molecule has 0 unspecified atom stereocenters. The fourth-order valence-electron chi connectivity index (χ4n) is 5.51. The quantitative estimate of drug-likeness (QED) is 0.328. The summed E-state index contributed by atoms with van der Waals surface area (Å²) >= 11 is 5.79. The van der Waals surface area contributed by atoms with Crippen molar-refractivity contribution in [3.8, 4) is 0 Å². The number of ether oxygens (including phenoxy) is 1. The first-order valence-corrected chi connectivity index (χ1v) is 14.5. The van der Waals surface area contributed by atoms with E-state index < -0.39 is 41.2 Å². The number of anilines is 3. The molecule has 3 aromatic rings. The van der Waals surface area contributed by atoms with E-state index in [1.807, 2.05) is 0 Å². The molecular weight excluding hydrogens is 589 g/mol. The number of hydrogen-bond acceptors (Lipinski definition) is 8. The number of primary amides is 1. The minimum absolute atomic E-state index is 0.0940. The minimum Gasteiger partial charge on any atom is -0.444 e. The Hall–Kier alpha value is -3.81. The average Bonchev–Trinajstić information content (AvgIpc) is 3.28. The summed E-state index contributed by atoms with van der Waals surface area (Å²) in [6.07, 6.45) is 1.89. The second-order valence-corrected chi connectivity index (χ2v) is 12.4. The number of nitrogens with one attached hydrogen (secondary N) is 2. The smallest absolute Gasteiger partial charge is 0.410 e. The molecule has 2 amide bonds. The molecule has 232 valence electrons. The number of rotatable bonds is 6. The van der Waals surface area contributed by atoms with Gasteiger partial charge >= 0.3 is 6.09 Å². The van der Waals surface area contributed by atoms with Gasteiger partial charge in [0, 0.05) is 23.5 Å². The summed E-state index contributed by atoms with van der Waals surface area (Å²) in [7, 11) is 0. The summed E-state index contributed by atoms with van der Waals surface area (Å²) < 4.78 is 51.7. The van der Waals surface area contributed by atoms with Crippen LogP contribution in [-0.2, 0) is 9.53 Å². The van der Waals surface area contributed by atoms with Crippen molar-refractivity contribution >= 4 is 52.3 Å². The van der Waals surface area contributed by atoms with E-state index in [9.17, 15) is 18.4 Å². The van der Waals surface area contributed by atoms with Crippen molar-refractivity contribution in [1.29, 1.82) is 0 Å². The summed E-state index contributed by atoms with van der Waals surface area (Å²) in [5, 5.41) is 5.69. The molecule has 1 aromatic carbocycles. The lowest BCUT2D eigenvalue weighted by Gasteiger charge is -2.35. The number of benzene rings is 1. The van der Waals surface area contributed by atoms with Crippen LogP contribution < -0.4 is 16.4 Å². The summed E-state index contributed by atoms with van der Waals surface area (Å²) in [5.74, 6) is -2.19. The van der Waals surface area contributed by atoms with Gasteiger partial charge in [-0.3, -0.25) is 9.36 Å². The van der Waals surface area contributed by atoms with Gasteiger partial charge in [-0.1, -0.05) is 11.6 Å². The minimum atomic E-state index is -1.41. The van der Waals surface area contributed by atoms with Crippen molar-refractivity contribution in [2.45, 2.75) is 76.7 Å². The number of piperidine rings is 1. The molecule has 1 aliphatic carbocycles. The number of amides is 2. The lowest BCUT2D eigenvalue weighted by atomic mass is 9.85. The van der Waals surface area contributed by atoms with Crippen molar-refractivity contribution in [2.75, 3.05) is 23.7 Å². The van der Waals surface area contributed by atoms with E-state index in [1.165, 1.54) is 11.1 Å². The topological polar surface area (TPSA) is 140 Å². The third-order valence-electron chi connectivity index (χ3n) is 7.65. The first kappa shape index (κ1) is 30.6. The fourth-order valence-corrected chi connectivity index (χ4v) is 5.70. The van der Waals surface area contributed by atoms with Gasteiger partial charge in [-0.05, 0) is 65.0 Å². The van der Waals surface area contributed by atoms with Crippen molar-refractivity contribution in [2.24, 2.45) is 11.7 Å². The Morgan fingerprint density at radius 1 is 1.09 bits per heavy atom. The molecule has 0 spiro atoms. The molecule has 2 fully saturated rings. The van der Waals surface area contributed by atoms with E-state index in [0.29, 0.717) is 43.3 Å². The van der Waals surface area contributed by atoms with Crippen LogP contribution in [0.5, 0.6) is 0 Å². The standard InChI is InChI=1S/C28H34ClF3N8O3/c1-28(2,3)43-27(42)39-9-8-20(19(32)13-39)35-25-34-12-21-24(38-25)40(16-6-4-14(5-7-16)23(33)41)26(36-21)37-22-17(30)10-15(29)11-18(22)31/h10-12,14,16,19-20H,4-9,13H2,1-3H3,(H2,33,41)(H,36,37)(H,34,35,38)/t14-,16-,19-,20+/m1/s1. The SMILES string of the molecule is CC(C)(C)OC(=O)N1CC[C@H](Nc2ncc3nc(Nc4c(F)cc(Cl)cc4F)n([C@H]4CC[C@H](C(N)=O)CC4)c3n2)[C@H](F)C1. The zero-order valence-corrected chi connectivity index (χ0v) is 24.8. The number of halogens is 4. The van der Waals surface area contributed by atoms with E-state index in [4.69, 9.17) is 22.1 Å². The number of carbonyl (C=O) groups is 2. The van der Waals surface area contributed by atoms with E-state index in [1.54, 1.807) is 25.3 Å². The normalized spacial score (nSPS) is 22.8. The number of fused-ring (bicyclic) bond motifs is 1. The molecule has 3 heterocycles. The zero-order valence-electron chi connectivity index (χ0n) is 24.0. The molecule has 1 saturated carbocycles. The zero-order chi connectivity index (χ0) is 31.1. The van der Waals surface area contributed by atoms with Gasteiger partial charge in [0.1, 0.15) is 23.0 Å². The average molecular weight is 623 g/mol. The maximum absolute atomic E-state index is 15.2. The molecule has 0 bridgehead atoms. The van der Waals surface area contributed by atoms with Gasteiger partial charge in [-0.2, -0.15) is 4.98 Å². The Bertz CT molecular complexity index is 1500. The number of hydrogen-bond donors (Lipinski definition) is 3. The predicted octanol–water partition coefficient (Wildman–Crippen LogP) is 5.48. The Balaban J connectivity index is 1.41. The molecule has 5 rings (SSSR count). The van der Waals surface area contributed by atoms with Crippen LogP contribution in [0, 0.1) is 17.6 Å². The molecule has 15 heteroatoms. The number of alkyl halides is 1. The van der Waals surface area contributed by atoms with Crippen LogP contribution in [0.1, 0.15) is 58.9 Å². The maximum Gasteiger partial charge on any atom is 0.410 e. The number of nitrogens with two attached hydrogens (primary N) is 1. The highest BCUT2D eigenvalue weighted by Crippen LogP contribution is 2.38. The van der Waals surface area contributed by atoms with Gasteiger partial charge in [0.15, 0.2) is 17.3 Å². The van der Waals surface area contributed by atoms with Crippen LogP contribution in [0.15, 0.2) is 18.3 Å². The van der Waals surface area contributed by atoms with E-state index in [-0.39, 0.29) is 47.9 Å². The Morgan fingerprint density at radius 3 is 2.37 bits per heavy atom. The lowest BCUT2D eigenvalue weighted by molar-refractivity contribution is -0.122. The van der Waals surface area contributed by atoms with Crippen LogP contribution in [0.4, 0.5) is 35.5 Å². The first-order valence-electron chi connectivity index (χ1n) is 14.1. The molecule has 43 heavy (non-hydrogen) atoms. The second kappa shape index (κ2) is 12.1. The fraction of sp³-hybridized carbons (Fsp3) is 0.536. The molecule has 1 saturated heterocycles. The monoisotopic (exact) mass is 622 g/mol. The largest absolute Gasteiger partial charge is 0.444 e. The van der Waals surface area contributed by atoms with Gasteiger partial charge in [-0.25, -0.2) is 27.9 Å². The van der Waals surface area contributed by atoms with Gasteiger partial charge in [-0.15, -0.1) is 0 Å². The molecule has 1 aliphatic heterocycles.